The van der Waals surface area contributed by atoms with Crippen molar-refractivity contribution < 1.29 is 9.21 Å². The first-order chi connectivity index (χ1) is 8.20. The van der Waals surface area contributed by atoms with Gasteiger partial charge in [-0.25, -0.2) is 4.98 Å². The lowest BCUT2D eigenvalue weighted by atomic mass is 10.2. The molecule has 0 fully saturated rings. The van der Waals surface area contributed by atoms with Crippen molar-refractivity contribution in [1.82, 2.24) is 4.98 Å². The Hall–Kier alpha value is -1.81. The van der Waals surface area contributed by atoms with Crippen molar-refractivity contribution in [2.24, 2.45) is 0 Å². The summed E-state index contributed by atoms with van der Waals surface area (Å²) in [5.74, 6) is 0.388. The fourth-order valence-corrected chi connectivity index (χ4v) is 1.56. The monoisotopic (exact) mass is 250 g/mol. The lowest BCUT2D eigenvalue weighted by Crippen LogP contribution is -2.12. The third-order valence-corrected chi connectivity index (χ3v) is 2.57. The van der Waals surface area contributed by atoms with Gasteiger partial charge >= 0.3 is 6.01 Å². The number of nitrogens with zero attached hydrogens (tertiary/aromatic N) is 1. The molecule has 0 bridgehead atoms. The first-order valence-electron chi connectivity index (χ1n) is 5.21. The third-order valence-electron chi connectivity index (χ3n) is 2.24. The highest BCUT2D eigenvalue weighted by Gasteiger charge is 2.12. The Balaban J connectivity index is 2.14. The van der Waals surface area contributed by atoms with Crippen LogP contribution in [-0.2, 0) is 6.42 Å². The molecule has 1 N–H and O–H groups in total. The standard InChI is InChI=1S/C12H11ClN2O2/c1-2-8-7-14-12(17-8)15-11(16)9-5-3-4-6-10(9)13/h3-7H,2H2,1H3,(H,14,15,16). The highest BCUT2D eigenvalue weighted by molar-refractivity contribution is 6.34. The molecule has 88 valence electrons. The highest BCUT2D eigenvalue weighted by Crippen LogP contribution is 2.17. The second kappa shape index (κ2) is 5.01. The summed E-state index contributed by atoms with van der Waals surface area (Å²) in [6.07, 6.45) is 2.32. The summed E-state index contributed by atoms with van der Waals surface area (Å²) in [5.41, 5.74) is 0.394. The van der Waals surface area contributed by atoms with E-state index in [0.717, 1.165) is 12.2 Å². The molecule has 0 aliphatic carbocycles. The summed E-state index contributed by atoms with van der Waals surface area (Å²) < 4.78 is 5.28. The van der Waals surface area contributed by atoms with Crippen molar-refractivity contribution in [1.29, 1.82) is 0 Å². The Bertz CT molecular complexity index is 537. The smallest absolute Gasteiger partial charge is 0.301 e. The summed E-state index contributed by atoms with van der Waals surface area (Å²) in [7, 11) is 0. The maximum Gasteiger partial charge on any atom is 0.301 e. The van der Waals surface area contributed by atoms with Crippen molar-refractivity contribution in [3.63, 3.8) is 0 Å². The molecule has 0 radical (unpaired) electrons. The molecule has 1 amide bonds. The van der Waals surface area contributed by atoms with E-state index in [4.69, 9.17) is 16.0 Å². The number of hydrogen-bond donors (Lipinski definition) is 1. The molecule has 5 heteroatoms. The summed E-state index contributed by atoms with van der Waals surface area (Å²) in [6.45, 7) is 1.94. The van der Waals surface area contributed by atoms with Crippen LogP contribution < -0.4 is 5.32 Å². The zero-order valence-electron chi connectivity index (χ0n) is 9.24. The molecule has 0 aliphatic heterocycles. The average molecular weight is 251 g/mol. The summed E-state index contributed by atoms with van der Waals surface area (Å²) in [6, 6.07) is 6.99. The Kier molecular flexibility index (Phi) is 3.44. The minimum Gasteiger partial charge on any atom is -0.428 e. The van der Waals surface area contributed by atoms with Gasteiger partial charge in [0.2, 0.25) is 0 Å². The highest BCUT2D eigenvalue weighted by atomic mass is 35.5. The fraction of sp³-hybridized carbons (Fsp3) is 0.167. The SMILES string of the molecule is CCc1cnc(NC(=O)c2ccccc2Cl)o1. The summed E-state index contributed by atoms with van der Waals surface area (Å²) in [5, 5.41) is 2.95. The minimum absolute atomic E-state index is 0.187. The van der Waals surface area contributed by atoms with Gasteiger partial charge < -0.3 is 4.42 Å². The van der Waals surface area contributed by atoms with Gasteiger partial charge in [-0.15, -0.1) is 0 Å². The first-order valence-corrected chi connectivity index (χ1v) is 5.59. The van der Waals surface area contributed by atoms with Crippen LogP contribution in [0, 0.1) is 0 Å². The van der Waals surface area contributed by atoms with Crippen LogP contribution in [0.25, 0.3) is 0 Å². The molecular weight excluding hydrogens is 240 g/mol. The number of carbonyl (C=O) groups excluding carboxylic acids is 1. The van der Waals surface area contributed by atoms with E-state index in [2.05, 4.69) is 10.3 Å². The molecule has 0 unspecified atom stereocenters. The predicted octanol–water partition coefficient (Wildman–Crippen LogP) is 3.14. The number of oxazole rings is 1. The number of anilines is 1. The molecule has 2 aromatic rings. The summed E-state index contributed by atoms with van der Waals surface area (Å²) in [4.78, 5) is 15.8. The molecule has 1 heterocycles. The molecule has 0 spiro atoms. The lowest BCUT2D eigenvalue weighted by Gasteiger charge is -2.02. The third kappa shape index (κ3) is 2.65. The van der Waals surface area contributed by atoms with E-state index in [0.29, 0.717) is 10.6 Å². The van der Waals surface area contributed by atoms with Crippen LogP contribution in [0.3, 0.4) is 0 Å². The second-order valence-corrected chi connectivity index (χ2v) is 3.83. The van der Waals surface area contributed by atoms with Crippen molar-refractivity contribution in [3.8, 4) is 0 Å². The average Bonchev–Trinajstić information content (AvgIpc) is 2.77. The predicted molar refractivity (Wildman–Crippen MR) is 65.3 cm³/mol. The van der Waals surface area contributed by atoms with E-state index in [1.807, 2.05) is 6.92 Å². The van der Waals surface area contributed by atoms with Gasteiger partial charge in [-0.3, -0.25) is 10.1 Å². The fourth-order valence-electron chi connectivity index (χ4n) is 1.34. The topological polar surface area (TPSA) is 55.1 Å². The minimum atomic E-state index is -0.333. The van der Waals surface area contributed by atoms with Gasteiger partial charge in [-0.05, 0) is 12.1 Å². The number of hydrogen-bond acceptors (Lipinski definition) is 3. The number of carbonyl (C=O) groups is 1. The number of benzene rings is 1. The molecule has 0 aliphatic rings. The van der Waals surface area contributed by atoms with Crippen LogP contribution in [-0.4, -0.2) is 10.9 Å². The Morgan fingerprint density at radius 2 is 2.24 bits per heavy atom. The number of nitrogens with one attached hydrogen (secondary N) is 1. The first kappa shape index (κ1) is 11.7. The van der Waals surface area contributed by atoms with Crippen LogP contribution >= 0.6 is 11.6 Å². The van der Waals surface area contributed by atoms with Gasteiger partial charge in [-0.1, -0.05) is 30.7 Å². The van der Waals surface area contributed by atoms with E-state index in [1.54, 1.807) is 30.5 Å². The molecule has 1 aromatic heterocycles. The van der Waals surface area contributed by atoms with Crippen molar-refractivity contribution in [2.45, 2.75) is 13.3 Å². The number of aromatic nitrogens is 1. The molecule has 0 saturated carbocycles. The van der Waals surface area contributed by atoms with Crippen molar-refractivity contribution in [3.05, 3.63) is 46.8 Å². The van der Waals surface area contributed by atoms with Crippen LogP contribution in [0.2, 0.25) is 5.02 Å². The van der Waals surface area contributed by atoms with Gasteiger partial charge in [0.15, 0.2) is 0 Å². The van der Waals surface area contributed by atoms with E-state index in [9.17, 15) is 4.79 Å². The van der Waals surface area contributed by atoms with Gasteiger partial charge in [-0.2, -0.15) is 0 Å². The molecule has 0 saturated heterocycles. The van der Waals surface area contributed by atoms with Gasteiger partial charge in [0.05, 0.1) is 16.8 Å². The van der Waals surface area contributed by atoms with E-state index in [-0.39, 0.29) is 11.9 Å². The zero-order chi connectivity index (χ0) is 12.3. The van der Waals surface area contributed by atoms with Crippen LogP contribution in [0.4, 0.5) is 6.01 Å². The molecule has 0 atom stereocenters. The second-order valence-electron chi connectivity index (χ2n) is 3.42. The molecular formula is C12H11ClN2O2. The Morgan fingerprint density at radius 1 is 1.47 bits per heavy atom. The van der Waals surface area contributed by atoms with Crippen LogP contribution in [0.5, 0.6) is 0 Å². The molecule has 4 nitrogen and oxygen atoms in total. The number of rotatable bonds is 3. The number of aryl methyl sites for hydroxylation is 1. The number of halogens is 1. The maximum absolute atomic E-state index is 11.8. The molecule has 1 aromatic carbocycles. The molecule has 17 heavy (non-hydrogen) atoms. The largest absolute Gasteiger partial charge is 0.428 e. The normalized spacial score (nSPS) is 10.2. The Morgan fingerprint density at radius 3 is 2.88 bits per heavy atom. The van der Waals surface area contributed by atoms with Crippen LogP contribution in [0.15, 0.2) is 34.9 Å². The zero-order valence-corrected chi connectivity index (χ0v) is 9.99. The summed E-state index contributed by atoms with van der Waals surface area (Å²) >= 11 is 5.91. The van der Waals surface area contributed by atoms with Crippen molar-refractivity contribution >= 4 is 23.5 Å². The van der Waals surface area contributed by atoms with E-state index in [1.165, 1.54) is 0 Å². The molecule has 2 rings (SSSR count). The lowest BCUT2D eigenvalue weighted by molar-refractivity contribution is 0.102. The van der Waals surface area contributed by atoms with Crippen LogP contribution in [0.1, 0.15) is 23.0 Å². The van der Waals surface area contributed by atoms with E-state index >= 15 is 0 Å². The maximum atomic E-state index is 11.8. The quantitative estimate of drug-likeness (QED) is 0.910. The van der Waals surface area contributed by atoms with Gasteiger partial charge in [0.25, 0.3) is 5.91 Å². The van der Waals surface area contributed by atoms with E-state index < -0.39 is 0 Å². The van der Waals surface area contributed by atoms with Gasteiger partial charge in [0.1, 0.15) is 5.76 Å². The van der Waals surface area contributed by atoms with Crippen molar-refractivity contribution in [2.75, 3.05) is 5.32 Å². The Labute approximate surface area is 104 Å². The van der Waals surface area contributed by atoms with Gasteiger partial charge in [0, 0.05) is 6.42 Å². The number of amides is 1.